The first kappa shape index (κ1) is 15.5. The van der Waals surface area contributed by atoms with Crippen molar-refractivity contribution < 1.29 is 13.2 Å². The highest BCUT2D eigenvalue weighted by atomic mass is 32.2. The molecule has 0 amide bonds. The number of nitrogens with one attached hydrogen (secondary N) is 1. The third-order valence-corrected chi connectivity index (χ3v) is 4.76. The van der Waals surface area contributed by atoms with Gasteiger partial charge in [0.05, 0.1) is 12.0 Å². The first-order valence-electron chi connectivity index (χ1n) is 6.78. The van der Waals surface area contributed by atoms with Crippen LogP contribution in [0.25, 0.3) is 0 Å². The van der Waals surface area contributed by atoms with Gasteiger partial charge in [-0.3, -0.25) is 0 Å². The molecular weight excluding hydrogens is 286 g/mol. The molecule has 0 fully saturated rings. The maximum absolute atomic E-state index is 12.4. The van der Waals surface area contributed by atoms with Gasteiger partial charge in [0.25, 0.3) is 0 Å². The van der Waals surface area contributed by atoms with Gasteiger partial charge in [-0.25, -0.2) is 13.1 Å². The average Bonchev–Trinajstić information content (AvgIpc) is 2.53. The van der Waals surface area contributed by atoms with Gasteiger partial charge >= 0.3 is 0 Å². The minimum atomic E-state index is -3.52. The SMILES string of the molecule is CC[C@H](NS(=O)(=O)c1ccccc1)c1ccc(OC)cc1. The van der Waals surface area contributed by atoms with Gasteiger partial charge < -0.3 is 4.74 Å². The van der Waals surface area contributed by atoms with Crippen molar-refractivity contribution in [3.63, 3.8) is 0 Å². The summed E-state index contributed by atoms with van der Waals surface area (Å²) in [6, 6.07) is 15.5. The number of hydrogen-bond donors (Lipinski definition) is 1. The van der Waals surface area contributed by atoms with E-state index in [2.05, 4.69) is 4.72 Å². The van der Waals surface area contributed by atoms with Crippen molar-refractivity contribution in [1.29, 1.82) is 0 Å². The molecule has 0 aliphatic rings. The van der Waals surface area contributed by atoms with Crippen molar-refractivity contribution in [2.45, 2.75) is 24.3 Å². The molecule has 21 heavy (non-hydrogen) atoms. The summed E-state index contributed by atoms with van der Waals surface area (Å²) < 4.78 is 32.6. The van der Waals surface area contributed by atoms with Crippen molar-refractivity contribution in [2.24, 2.45) is 0 Å². The zero-order chi connectivity index (χ0) is 15.3. The van der Waals surface area contributed by atoms with Crippen LogP contribution < -0.4 is 9.46 Å². The van der Waals surface area contributed by atoms with Crippen LogP contribution in [0.2, 0.25) is 0 Å². The molecule has 0 bridgehead atoms. The Labute approximate surface area is 125 Å². The lowest BCUT2D eigenvalue weighted by Gasteiger charge is -2.18. The van der Waals surface area contributed by atoms with Crippen LogP contribution in [-0.4, -0.2) is 15.5 Å². The molecule has 0 saturated heterocycles. The molecule has 2 aromatic carbocycles. The van der Waals surface area contributed by atoms with Crippen LogP contribution >= 0.6 is 0 Å². The van der Waals surface area contributed by atoms with E-state index in [1.54, 1.807) is 37.4 Å². The van der Waals surface area contributed by atoms with Crippen LogP contribution in [0.4, 0.5) is 0 Å². The number of rotatable bonds is 6. The monoisotopic (exact) mass is 305 g/mol. The van der Waals surface area contributed by atoms with E-state index in [1.807, 2.05) is 31.2 Å². The summed E-state index contributed by atoms with van der Waals surface area (Å²) in [6.45, 7) is 1.95. The van der Waals surface area contributed by atoms with Crippen molar-refractivity contribution >= 4 is 10.0 Å². The van der Waals surface area contributed by atoms with Crippen LogP contribution in [0, 0.1) is 0 Å². The molecule has 0 aliphatic carbocycles. The molecule has 0 radical (unpaired) electrons. The fraction of sp³-hybridized carbons (Fsp3) is 0.250. The second-order valence-corrected chi connectivity index (χ2v) is 6.38. The maximum atomic E-state index is 12.4. The molecule has 2 rings (SSSR count). The molecule has 0 spiro atoms. The summed E-state index contributed by atoms with van der Waals surface area (Å²) in [5.74, 6) is 0.750. The third kappa shape index (κ3) is 3.83. The smallest absolute Gasteiger partial charge is 0.241 e. The summed E-state index contributed by atoms with van der Waals surface area (Å²) in [5, 5.41) is 0. The van der Waals surface area contributed by atoms with E-state index in [-0.39, 0.29) is 10.9 Å². The van der Waals surface area contributed by atoms with Gasteiger partial charge in [-0.1, -0.05) is 37.3 Å². The number of sulfonamides is 1. The van der Waals surface area contributed by atoms with E-state index >= 15 is 0 Å². The van der Waals surface area contributed by atoms with E-state index in [4.69, 9.17) is 4.74 Å². The number of methoxy groups -OCH3 is 1. The van der Waals surface area contributed by atoms with Gasteiger partial charge in [0.2, 0.25) is 10.0 Å². The summed E-state index contributed by atoms with van der Waals surface area (Å²) >= 11 is 0. The summed E-state index contributed by atoms with van der Waals surface area (Å²) in [5.41, 5.74) is 0.915. The van der Waals surface area contributed by atoms with Crippen LogP contribution in [0.3, 0.4) is 0 Å². The molecule has 1 atom stereocenters. The van der Waals surface area contributed by atoms with E-state index in [1.165, 1.54) is 0 Å². The van der Waals surface area contributed by atoms with E-state index in [0.29, 0.717) is 6.42 Å². The van der Waals surface area contributed by atoms with Crippen LogP contribution in [0.1, 0.15) is 24.9 Å². The molecule has 0 unspecified atom stereocenters. The fourth-order valence-corrected chi connectivity index (χ4v) is 3.41. The zero-order valence-electron chi connectivity index (χ0n) is 12.1. The Morgan fingerprint density at radius 3 is 2.19 bits per heavy atom. The second-order valence-electron chi connectivity index (χ2n) is 4.67. The molecule has 112 valence electrons. The fourth-order valence-electron chi connectivity index (χ4n) is 2.08. The first-order chi connectivity index (χ1) is 10.1. The molecule has 0 aliphatic heterocycles. The number of benzene rings is 2. The Kier molecular flexibility index (Phi) is 4.98. The van der Waals surface area contributed by atoms with Gasteiger partial charge in [0.15, 0.2) is 0 Å². The third-order valence-electron chi connectivity index (χ3n) is 3.28. The Morgan fingerprint density at radius 1 is 1.05 bits per heavy atom. The predicted molar refractivity (Wildman–Crippen MR) is 82.8 cm³/mol. The minimum Gasteiger partial charge on any atom is -0.497 e. The zero-order valence-corrected chi connectivity index (χ0v) is 12.9. The summed E-state index contributed by atoms with van der Waals surface area (Å²) in [6.07, 6.45) is 0.665. The van der Waals surface area contributed by atoms with Gasteiger partial charge in [0, 0.05) is 6.04 Å². The Hall–Kier alpha value is -1.85. The topological polar surface area (TPSA) is 55.4 Å². The standard InChI is InChI=1S/C16H19NO3S/c1-3-16(13-9-11-14(20-2)12-10-13)17-21(18,19)15-7-5-4-6-8-15/h4-12,16-17H,3H2,1-2H3/t16-/m0/s1. The summed E-state index contributed by atoms with van der Waals surface area (Å²) in [4.78, 5) is 0.275. The quantitative estimate of drug-likeness (QED) is 0.892. The highest BCUT2D eigenvalue weighted by Gasteiger charge is 2.19. The molecule has 0 saturated carbocycles. The van der Waals surface area contributed by atoms with Crippen molar-refractivity contribution in [3.05, 3.63) is 60.2 Å². The molecule has 0 aromatic heterocycles. The maximum Gasteiger partial charge on any atom is 0.241 e. The lowest BCUT2D eigenvalue weighted by molar-refractivity contribution is 0.414. The highest BCUT2D eigenvalue weighted by Crippen LogP contribution is 2.22. The molecule has 2 aromatic rings. The van der Waals surface area contributed by atoms with E-state index < -0.39 is 10.0 Å². The minimum absolute atomic E-state index is 0.263. The highest BCUT2D eigenvalue weighted by molar-refractivity contribution is 7.89. The summed E-state index contributed by atoms with van der Waals surface area (Å²) in [7, 11) is -1.92. The van der Waals surface area contributed by atoms with Crippen molar-refractivity contribution in [1.82, 2.24) is 4.72 Å². The van der Waals surface area contributed by atoms with Crippen LogP contribution in [0.5, 0.6) is 5.75 Å². The lowest BCUT2D eigenvalue weighted by atomic mass is 10.1. The van der Waals surface area contributed by atoms with Crippen LogP contribution in [0.15, 0.2) is 59.5 Å². The lowest BCUT2D eigenvalue weighted by Crippen LogP contribution is -2.28. The van der Waals surface area contributed by atoms with E-state index in [9.17, 15) is 8.42 Å². The average molecular weight is 305 g/mol. The normalized spacial score (nSPS) is 12.9. The molecule has 4 nitrogen and oxygen atoms in total. The largest absolute Gasteiger partial charge is 0.497 e. The Morgan fingerprint density at radius 2 is 1.67 bits per heavy atom. The molecule has 5 heteroatoms. The van der Waals surface area contributed by atoms with Crippen molar-refractivity contribution in [3.8, 4) is 5.75 Å². The Balaban J connectivity index is 2.22. The van der Waals surface area contributed by atoms with Gasteiger partial charge in [-0.2, -0.15) is 0 Å². The molecule has 1 N–H and O–H groups in total. The van der Waals surface area contributed by atoms with Gasteiger partial charge in [-0.05, 0) is 36.2 Å². The van der Waals surface area contributed by atoms with Crippen LogP contribution in [-0.2, 0) is 10.0 Å². The molecular formula is C16H19NO3S. The number of hydrogen-bond acceptors (Lipinski definition) is 3. The second kappa shape index (κ2) is 6.74. The Bertz CT molecular complexity index is 666. The van der Waals surface area contributed by atoms with E-state index in [0.717, 1.165) is 11.3 Å². The predicted octanol–water partition coefficient (Wildman–Crippen LogP) is 3.12. The molecule has 0 heterocycles. The number of ether oxygens (including phenoxy) is 1. The van der Waals surface area contributed by atoms with Gasteiger partial charge in [0.1, 0.15) is 5.75 Å². The first-order valence-corrected chi connectivity index (χ1v) is 8.26. The van der Waals surface area contributed by atoms with Gasteiger partial charge in [-0.15, -0.1) is 0 Å². The van der Waals surface area contributed by atoms with Crippen molar-refractivity contribution in [2.75, 3.05) is 7.11 Å².